The highest BCUT2D eigenvalue weighted by molar-refractivity contribution is 7.87. The van der Waals surface area contributed by atoms with Crippen LogP contribution in [-0.2, 0) is 19.7 Å². The van der Waals surface area contributed by atoms with Gasteiger partial charge in [0.2, 0.25) is 0 Å². The van der Waals surface area contributed by atoms with E-state index in [0.717, 1.165) is 22.0 Å². The number of hydrogen-bond donors (Lipinski definition) is 0. The van der Waals surface area contributed by atoms with Crippen molar-refractivity contribution in [1.29, 1.82) is 0 Å². The molecule has 3 aliphatic rings. The van der Waals surface area contributed by atoms with Gasteiger partial charge in [-0.2, -0.15) is 13.4 Å². The van der Waals surface area contributed by atoms with Crippen molar-refractivity contribution in [3.63, 3.8) is 0 Å². The molecule has 0 N–H and O–H groups in total. The third-order valence-electron chi connectivity index (χ3n) is 8.00. The number of carbonyl (C=O) groups excluding carboxylic acids is 4. The molecule has 214 valence electrons. The second-order valence-electron chi connectivity index (χ2n) is 10.7. The zero-order chi connectivity index (χ0) is 29.8. The van der Waals surface area contributed by atoms with E-state index in [2.05, 4.69) is 0 Å². The van der Waals surface area contributed by atoms with Crippen molar-refractivity contribution in [3.05, 3.63) is 107 Å². The number of imide groups is 1. The van der Waals surface area contributed by atoms with Crippen LogP contribution in [0.25, 0.3) is 0 Å². The lowest BCUT2D eigenvalue weighted by atomic mass is 9.85. The number of aryl methyl sites for hydroxylation is 1. The molecule has 1 saturated heterocycles. The zero-order valence-corrected chi connectivity index (χ0v) is 23.9. The number of amides is 3. The summed E-state index contributed by atoms with van der Waals surface area (Å²) in [6, 6.07) is 17.5. The maximum absolute atomic E-state index is 13.6. The number of carbonyl (C=O) groups is 4. The molecule has 0 radical (unpaired) electrons. The molecule has 2 fully saturated rings. The number of hydrazine groups is 1. The molecule has 42 heavy (non-hydrogen) atoms. The first-order valence-electron chi connectivity index (χ1n) is 13.3. The van der Waals surface area contributed by atoms with Gasteiger partial charge in [-0.3, -0.25) is 19.2 Å². The molecule has 2 aliphatic carbocycles. The SMILES string of the molecule is Cc1ccc(S(=O)(=O)Oc2ccc(C(=O)CN(C(=O)c3ccc(Cl)cc3)N3C(=O)[C@@H]4[C@@H](C3=O)[C@H]3C=C[C@H]4C3)cc2)cc1. The monoisotopic (exact) mass is 604 g/mol. The zero-order valence-electron chi connectivity index (χ0n) is 22.3. The number of rotatable bonds is 8. The number of nitrogens with zero attached hydrogens (tertiary/aromatic N) is 2. The van der Waals surface area contributed by atoms with Gasteiger partial charge in [-0.1, -0.05) is 41.4 Å². The molecule has 3 aromatic carbocycles. The molecule has 0 unspecified atom stereocenters. The van der Waals surface area contributed by atoms with E-state index in [1.807, 2.05) is 19.1 Å². The highest BCUT2D eigenvalue weighted by atomic mass is 35.5. The maximum atomic E-state index is 13.6. The lowest BCUT2D eigenvalue weighted by Crippen LogP contribution is -2.52. The van der Waals surface area contributed by atoms with E-state index < -0.39 is 52.0 Å². The first-order valence-corrected chi connectivity index (χ1v) is 15.1. The van der Waals surface area contributed by atoms with E-state index in [4.69, 9.17) is 15.8 Å². The summed E-state index contributed by atoms with van der Waals surface area (Å²) in [5.41, 5.74) is 1.17. The van der Waals surface area contributed by atoms with E-state index in [9.17, 15) is 27.6 Å². The smallest absolute Gasteiger partial charge is 0.339 e. The van der Waals surface area contributed by atoms with Crippen LogP contribution in [0.1, 0.15) is 32.7 Å². The molecule has 4 atom stereocenters. The second kappa shape index (κ2) is 10.5. The Bertz CT molecular complexity index is 1710. The van der Waals surface area contributed by atoms with Crippen molar-refractivity contribution < 1.29 is 31.8 Å². The molecule has 1 heterocycles. The number of halogens is 1. The van der Waals surface area contributed by atoms with E-state index in [-0.39, 0.29) is 33.6 Å². The van der Waals surface area contributed by atoms with E-state index >= 15 is 0 Å². The number of fused-ring (bicyclic) bond motifs is 5. The Morgan fingerprint density at radius 1 is 0.857 bits per heavy atom. The molecule has 0 spiro atoms. The normalized spacial score (nSPS) is 22.4. The maximum Gasteiger partial charge on any atom is 0.339 e. The fourth-order valence-electron chi connectivity index (χ4n) is 5.90. The van der Waals surface area contributed by atoms with Crippen LogP contribution < -0.4 is 4.18 Å². The molecular formula is C31H25ClN2O7S. The van der Waals surface area contributed by atoms with Crippen LogP contribution in [0.15, 0.2) is 89.8 Å². The summed E-state index contributed by atoms with van der Waals surface area (Å²) >= 11 is 5.98. The fourth-order valence-corrected chi connectivity index (χ4v) is 6.96. The van der Waals surface area contributed by atoms with Crippen LogP contribution in [0, 0.1) is 30.6 Å². The minimum absolute atomic E-state index is 0.0121. The Morgan fingerprint density at radius 2 is 1.40 bits per heavy atom. The van der Waals surface area contributed by atoms with Gasteiger partial charge in [-0.15, -0.1) is 0 Å². The molecule has 11 heteroatoms. The molecule has 9 nitrogen and oxygen atoms in total. The van der Waals surface area contributed by atoms with Crippen molar-refractivity contribution in [3.8, 4) is 5.75 Å². The molecular weight excluding hydrogens is 580 g/mol. The highest BCUT2D eigenvalue weighted by Gasteiger charge is 2.61. The first-order chi connectivity index (χ1) is 20.0. The third-order valence-corrected chi connectivity index (χ3v) is 9.51. The number of benzene rings is 3. The van der Waals surface area contributed by atoms with Gasteiger partial charge in [0.05, 0.1) is 11.8 Å². The van der Waals surface area contributed by atoms with Gasteiger partial charge in [0.1, 0.15) is 17.2 Å². The molecule has 1 saturated carbocycles. The summed E-state index contributed by atoms with van der Waals surface area (Å²) in [6.07, 6.45) is 4.61. The van der Waals surface area contributed by atoms with Gasteiger partial charge in [-0.05, 0) is 85.8 Å². The number of ketones is 1. The van der Waals surface area contributed by atoms with Crippen LogP contribution in [0.5, 0.6) is 5.75 Å². The van der Waals surface area contributed by atoms with Crippen LogP contribution >= 0.6 is 11.6 Å². The van der Waals surface area contributed by atoms with Crippen LogP contribution in [-0.4, -0.2) is 48.5 Å². The Labute approximate surface area is 247 Å². The van der Waals surface area contributed by atoms with Gasteiger partial charge < -0.3 is 4.18 Å². The molecule has 3 amide bonds. The van der Waals surface area contributed by atoms with Crippen molar-refractivity contribution >= 4 is 45.2 Å². The lowest BCUT2D eigenvalue weighted by Gasteiger charge is -2.30. The van der Waals surface area contributed by atoms with Gasteiger partial charge in [-0.25, -0.2) is 5.01 Å². The molecule has 3 aromatic rings. The van der Waals surface area contributed by atoms with E-state index in [0.29, 0.717) is 5.02 Å². The lowest BCUT2D eigenvalue weighted by molar-refractivity contribution is -0.154. The molecule has 6 rings (SSSR count). The minimum Gasteiger partial charge on any atom is -0.379 e. The highest BCUT2D eigenvalue weighted by Crippen LogP contribution is 2.52. The van der Waals surface area contributed by atoms with Gasteiger partial charge in [0.25, 0.3) is 17.7 Å². The summed E-state index contributed by atoms with van der Waals surface area (Å²) < 4.78 is 30.5. The number of hydrogen-bond acceptors (Lipinski definition) is 7. The molecule has 1 aliphatic heterocycles. The van der Waals surface area contributed by atoms with Gasteiger partial charge >= 0.3 is 10.1 Å². The Kier molecular flexibility index (Phi) is 6.98. The standard InChI is InChI=1S/C31H25ClN2O7S/c1-18-2-14-25(15-3-18)42(39,40)41-24-12-8-19(9-13-24)26(35)17-33(29(36)20-6-10-23(32)11-7-20)34-30(37)27-21-4-5-22(16-21)28(27)31(34)38/h2-15,21-22,27-28H,16-17H2,1H3/t21-,22-,27-,28-/m0/s1. The van der Waals surface area contributed by atoms with E-state index in [1.165, 1.54) is 60.7 Å². The van der Waals surface area contributed by atoms with Crippen LogP contribution in [0.3, 0.4) is 0 Å². The topological polar surface area (TPSA) is 118 Å². The molecule has 0 aromatic heterocycles. The predicted octanol–water partition coefficient (Wildman–Crippen LogP) is 4.46. The van der Waals surface area contributed by atoms with E-state index in [1.54, 1.807) is 12.1 Å². The summed E-state index contributed by atoms with van der Waals surface area (Å²) in [5, 5.41) is 2.13. The van der Waals surface area contributed by atoms with Crippen molar-refractivity contribution in [2.45, 2.75) is 18.2 Å². The quantitative estimate of drug-likeness (QED) is 0.161. The summed E-state index contributed by atoms with van der Waals surface area (Å²) in [5.74, 6) is -3.55. The summed E-state index contributed by atoms with van der Waals surface area (Å²) in [7, 11) is -4.10. The van der Waals surface area contributed by atoms with Crippen LogP contribution in [0.2, 0.25) is 5.02 Å². The Morgan fingerprint density at radius 3 is 1.98 bits per heavy atom. The fraction of sp³-hybridized carbons (Fsp3) is 0.226. The van der Waals surface area contributed by atoms with Crippen molar-refractivity contribution in [2.24, 2.45) is 23.7 Å². The van der Waals surface area contributed by atoms with Crippen molar-refractivity contribution in [2.75, 3.05) is 6.54 Å². The van der Waals surface area contributed by atoms with Crippen molar-refractivity contribution in [1.82, 2.24) is 10.0 Å². The summed E-state index contributed by atoms with van der Waals surface area (Å²) in [4.78, 5) is 54.1. The summed E-state index contributed by atoms with van der Waals surface area (Å²) in [6.45, 7) is 1.24. The Hall–Kier alpha value is -4.28. The van der Waals surface area contributed by atoms with Gasteiger partial charge in [0.15, 0.2) is 5.78 Å². The molecule has 2 bridgehead atoms. The third kappa shape index (κ3) is 4.90. The van der Waals surface area contributed by atoms with Gasteiger partial charge in [0, 0.05) is 16.1 Å². The second-order valence-corrected chi connectivity index (χ2v) is 12.6. The van der Waals surface area contributed by atoms with Crippen LogP contribution in [0.4, 0.5) is 0 Å². The first kappa shape index (κ1) is 27.9. The Balaban J connectivity index is 1.24. The minimum atomic E-state index is -4.10. The predicted molar refractivity (Wildman–Crippen MR) is 152 cm³/mol. The average Bonchev–Trinajstić information content (AvgIpc) is 3.66. The number of Topliss-reactive ketones (excluding diaryl/α,β-unsaturated/α-hetero) is 1. The average molecular weight is 605 g/mol. The largest absolute Gasteiger partial charge is 0.379 e. The number of allylic oxidation sites excluding steroid dienone is 2.